The Hall–Kier alpha value is -0.870. The summed E-state index contributed by atoms with van der Waals surface area (Å²) in [5, 5.41) is 4.14. The van der Waals surface area contributed by atoms with Crippen LogP contribution in [-0.4, -0.2) is 16.4 Å². The van der Waals surface area contributed by atoms with Gasteiger partial charge in [0.2, 0.25) is 0 Å². The van der Waals surface area contributed by atoms with Gasteiger partial charge in [-0.1, -0.05) is 6.92 Å². The van der Waals surface area contributed by atoms with Crippen molar-refractivity contribution in [2.75, 3.05) is 6.61 Å². The summed E-state index contributed by atoms with van der Waals surface area (Å²) < 4.78 is 1.86. The molecule has 0 saturated heterocycles. The van der Waals surface area contributed by atoms with Crippen molar-refractivity contribution in [2.45, 2.75) is 19.8 Å². The molecule has 1 heterocycles. The van der Waals surface area contributed by atoms with Crippen molar-refractivity contribution in [1.82, 2.24) is 9.78 Å². The molecule has 0 aromatic carbocycles. The number of rotatable bonds is 3. The zero-order valence-electron chi connectivity index (χ0n) is 7.74. The smallest absolute Gasteiger partial charge is 0.0760 e. The van der Waals surface area contributed by atoms with E-state index in [4.69, 9.17) is 5.90 Å². The largest absolute Gasteiger partial charge is 0.304 e. The van der Waals surface area contributed by atoms with Gasteiger partial charge in [0.05, 0.1) is 12.8 Å². The fraction of sp³-hybridized carbons (Fsp3) is 0.625. The second-order valence-electron chi connectivity index (χ2n) is 3.07. The van der Waals surface area contributed by atoms with Gasteiger partial charge in [-0.05, 0) is 12.5 Å². The van der Waals surface area contributed by atoms with Gasteiger partial charge in [0, 0.05) is 18.7 Å². The van der Waals surface area contributed by atoms with Crippen LogP contribution in [0.2, 0.25) is 0 Å². The van der Waals surface area contributed by atoms with Crippen molar-refractivity contribution >= 4 is 0 Å². The lowest BCUT2D eigenvalue weighted by molar-refractivity contribution is 0.124. The van der Waals surface area contributed by atoms with Crippen LogP contribution in [0.4, 0.5) is 0 Å². The van der Waals surface area contributed by atoms with Crippen LogP contribution in [0.1, 0.15) is 24.1 Å². The fourth-order valence-corrected chi connectivity index (χ4v) is 1.49. The number of hydrogen-bond donors (Lipinski definition) is 1. The monoisotopic (exact) mass is 169 g/mol. The van der Waals surface area contributed by atoms with Crippen LogP contribution in [-0.2, 0) is 11.9 Å². The summed E-state index contributed by atoms with van der Waals surface area (Å²) >= 11 is 0. The predicted octanol–water partition coefficient (Wildman–Crippen LogP) is 0.722. The van der Waals surface area contributed by atoms with E-state index in [-0.39, 0.29) is 0 Å². The van der Waals surface area contributed by atoms with E-state index in [1.165, 1.54) is 11.3 Å². The molecule has 1 rings (SSSR count). The lowest BCUT2D eigenvalue weighted by atomic mass is 10.1. The van der Waals surface area contributed by atoms with Gasteiger partial charge in [0.1, 0.15) is 0 Å². The van der Waals surface area contributed by atoms with Crippen LogP contribution in [0.25, 0.3) is 0 Å². The topological polar surface area (TPSA) is 53.1 Å². The van der Waals surface area contributed by atoms with Gasteiger partial charge in [-0.25, -0.2) is 5.90 Å². The first-order chi connectivity index (χ1) is 5.66. The van der Waals surface area contributed by atoms with Crippen molar-refractivity contribution < 1.29 is 4.84 Å². The first-order valence-electron chi connectivity index (χ1n) is 3.97. The molecule has 1 atom stereocenters. The maximum atomic E-state index is 5.01. The van der Waals surface area contributed by atoms with Crippen LogP contribution in [0, 0.1) is 6.92 Å². The number of hydrogen-bond acceptors (Lipinski definition) is 3. The Balaban J connectivity index is 2.85. The molecule has 12 heavy (non-hydrogen) atoms. The van der Waals surface area contributed by atoms with Crippen molar-refractivity contribution in [3.63, 3.8) is 0 Å². The molecule has 0 fully saturated rings. The average Bonchev–Trinajstić information content (AvgIpc) is 2.32. The molecule has 0 amide bonds. The van der Waals surface area contributed by atoms with Gasteiger partial charge in [-0.2, -0.15) is 5.10 Å². The number of nitrogens with two attached hydrogens (primary N) is 1. The molecule has 4 nitrogen and oxygen atoms in total. The number of aryl methyl sites for hydroxylation is 2. The van der Waals surface area contributed by atoms with E-state index in [0.29, 0.717) is 12.5 Å². The van der Waals surface area contributed by atoms with Crippen LogP contribution in [0.5, 0.6) is 0 Å². The predicted molar refractivity (Wildman–Crippen MR) is 46.5 cm³/mol. The van der Waals surface area contributed by atoms with E-state index in [1.807, 2.05) is 24.9 Å². The van der Waals surface area contributed by atoms with E-state index in [9.17, 15) is 0 Å². The van der Waals surface area contributed by atoms with Crippen molar-refractivity contribution in [3.8, 4) is 0 Å². The zero-order chi connectivity index (χ0) is 9.14. The van der Waals surface area contributed by atoms with Gasteiger partial charge < -0.3 is 4.84 Å². The van der Waals surface area contributed by atoms with Crippen LogP contribution in [0.15, 0.2) is 6.20 Å². The summed E-state index contributed by atoms with van der Waals surface area (Å²) in [4.78, 5) is 4.60. The van der Waals surface area contributed by atoms with Crippen LogP contribution in [0.3, 0.4) is 0 Å². The van der Waals surface area contributed by atoms with E-state index in [0.717, 1.165) is 0 Å². The minimum absolute atomic E-state index is 0.294. The summed E-state index contributed by atoms with van der Waals surface area (Å²) in [6, 6.07) is 0. The molecule has 0 radical (unpaired) electrons. The molecule has 0 aliphatic carbocycles. The van der Waals surface area contributed by atoms with E-state index in [2.05, 4.69) is 16.9 Å². The molecule has 0 spiro atoms. The second-order valence-corrected chi connectivity index (χ2v) is 3.07. The van der Waals surface area contributed by atoms with Gasteiger partial charge in [-0.3, -0.25) is 4.68 Å². The highest BCUT2D eigenvalue weighted by Gasteiger charge is 2.12. The Labute approximate surface area is 72.3 Å². The average molecular weight is 169 g/mol. The number of aromatic nitrogens is 2. The Morgan fingerprint density at radius 3 is 2.83 bits per heavy atom. The summed E-state index contributed by atoms with van der Waals surface area (Å²) in [6.45, 7) is 4.63. The first kappa shape index (κ1) is 9.22. The third-order valence-electron chi connectivity index (χ3n) is 1.99. The molecule has 1 unspecified atom stereocenters. The Kier molecular flexibility index (Phi) is 2.83. The number of nitrogens with zero attached hydrogens (tertiary/aromatic N) is 2. The summed E-state index contributed by atoms with van der Waals surface area (Å²) in [5.41, 5.74) is 2.36. The lowest BCUT2D eigenvalue weighted by Gasteiger charge is -2.11. The molecule has 2 N–H and O–H groups in total. The van der Waals surface area contributed by atoms with E-state index >= 15 is 0 Å². The van der Waals surface area contributed by atoms with Gasteiger partial charge in [-0.15, -0.1) is 0 Å². The van der Waals surface area contributed by atoms with Crippen LogP contribution >= 0.6 is 0 Å². The van der Waals surface area contributed by atoms with Crippen molar-refractivity contribution in [2.24, 2.45) is 12.9 Å². The SMILES string of the molecule is Cc1cnn(C)c1C(C)CON. The molecule has 68 valence electrons. The molecular formula is C8H15N3O. The highest BCUT2D eigenvalue weighted by atomic mass is 16.6. The maximum absolute atomic E-state index is 5.01. The molecule has 0 bridgehead atoms. The Morgan fingerprint density at radius 2 is 2.42 bits per heavy atom. The highest BCUT2D eigenvalue weighted by Crippen LogP contribution is 2.17. The molecule has 4 heteroatoms. The van der Waals surface area contributed by atoms with E-state index in [1.54, 1.807) is 0 Å². The van der Waals surface area contributed by atoms with Gasteiger partial charge in [0.15, 0.2) is 0 Å². The van der Waals surface area contributed by atoms with Gasteiger partial charge in [0.25, 0.3) is 0 Å². The first-order valence-corrected chi connectivity index (χ1v) is 3.97. The van der Waals surface area contributed by atoms with E-state index < -0.39 is 0 Å². The van der Waals surface area contributed by atoms with Crippen molar-refractivity contribution in [3.05, 3.63) is 17.5 Å². The van der Waals surface area contributed by atoms with Gasteiger partial charge >= 0.3 is 0 Å². The maximum Gasteiger partial charge on any atom is 0.0760 e. The molecule has 0 saturated carbocycles. The summed E-state index contributed by atoms with van der Waals surface area (Å²) in [6.07, 6.45) is 1.85. The normalized spacial score (nSPS) is 13.3. The molecule has 1 aromatic rings. The summed E-state index contributed by atoms with van der Waals surface area (Å²) in [5.74, 6) is 5.30. The lowest BCUT2D eigenvalue weighted by Crippen LogP contribution is -2.12. The standard InChI is InChI=1S/C8H15N3O/c1-6-4-10-11(3)8(6)7(2)5-12-9/h4,7H,5,9H2,1-3H3. The molecular weight excluding hydrogens is 154 g/mol. The highest BCUT2D eigenvalue weighted by molar-refractivity contribution is 5.19. The van der Waals surface area contributed by atoms with Crippen molar-refractivity contribution in [1.29, 1.82) is 0 Å². The Morgan fingerprint density at radius 1 is 1.75 bits per heavy atom. The van der Waals surface area contributed by atoms with Crippen LogP contribution < -0.4 is 5.90 Å². The second kappa shape index (κ2) is 3.69. The molecule has 0 aliphatic rings. The summed E-state index contributed by atoms with van der Waals surface area (Å²) in [7, 11) is 1.93. The minimum atomic E-state index is 0.294. The zero-order valence-corrected chi connectivity index (χ0v) is 7.74. The minimum Gasteiger partial charge on any atom is -0.304 e. The third kappa shape index (κ3) is 1.65. The quantitative estimate of drug-likeness (QED) is 0.678. The fourth-order valence-electron chi connectivity index (χ4n) is 1.49. The molecule has 1 aromatic heterocycles. The Bertz CT molecular complexity index is 237. The third-order valence-corrected chi connectivity index (χ3v) is 1.99. The molecule has 0 aliphatic heterocycles.